The van der Waals surface area contributed by atoms with Crippen LogP contribution in [0.2, 0.25) is 0 Å². The van der Waals surface area contributed by atoms with Gasteiger partial charge < -0.3 is 0 Å². The second kappa shape index (κ2) is 3.93. The third-order valence-corrected chi connectivity index (χ3v) is 2.39. The summed E-state index contributed by atoms with van der Waals surface area (Å²) < 4.78 is 0. The maximum atomic E-state index is 11.4. The molecule has 1 aliphatic heterocycles. The first-order chi connectivity index (χ1) is 6.54. The zero-order valence-corrected chi connectivity index (χ0v) is 8.17. The van der Waals surface area contributed by atoms with E-state index in [2.05, 4.69) is 0 Å². The quantitative estimate of drug-likeness (QED) is 0.617. The highest BCUT2D eigenvalue weighted by Gasteiger charge is 2.43. The lowest BCUT2D eigenvalue weighted by Gasteiger charge is -2.37. The Balaban J connectivity index is 2.93. The van der Waals surface area contributed by atoms with E-state index in [0.29, 0.717) is 10.1 Å². The van der Waals surface area contributed by atoms with E-state index >= 15 is 0 Å². The average molecular weight is 202 g/mol. The molecule has 6 heteroatoms. The zero-order valence-electron chi connectivity index (χ0n) is 8.17. The fourth-order valence-electron chi connectivity index (χ4n) is 1.52. The van der Waals surface area contributed by atoms with Gasteiger partial charge in [0.1, 0.15) is 12.1 Å². The molecule has 2 amide bonds. The summed E-state index contributed by atoms with van der Waals surface area (Å²) in [6, 6.07) is -1.93. The van der Waals surface area contributed by atoms with Crippen LogP contribution < -0.4 is 0 Å². The summed E-state index contributed by atoms with van der Waals surface area (Å²) in [5.74, 6) is -1.28. The Bertz CT molecular complexity index is 230. The lowest BCUT2D eigenvalue weighted by atomic mass is 10.1. The van der Waals surface area contributed by atoms with Crippen LogP contribution in [-0.4, -0.2) is 44.4 Å². The Labute approximate surface area is 81.6 Å². The van der Waals surface area contributed by atoms with Crippen LogP contribution in [-0.2, 0) is 9.59 Å². The molecule has 0 saturated carbocycles. The molecule has 2 atom stereocenters. The Hall–Kier alpha value is -1.14. The molecule has 1 aliphatic rings. The number of hydrogen-bond acceptors (Lipinski definition) is 4. The lowest BCUT2D eigenvalue weighted by molar-refractivity contribution is -0.230. The second-order valence-electron chi connectivity index (χ2n) is 3.21. The fourth-order valence-corrected chi connectivity index (χ4v) is 1.52. The van der Waals surface area contributed by atoms with Crippen molar-refractivity contribution in [2.75, 3.05) is 0 Å². The number of hydrogen-bond donors (Lipinski definition) is 2. The van der Waals surface area contributed by atoms with Crippen molar-refractivity contribution in [1.29, 1.82) is 0 Å². The summed E-state index contributed by atoms with van der Waals surface area (Å²) >= 11 is 0. The van der Waals surface area contributed by atoms with Crippen molar-refractivity contribution in [2.45, 2.75) is 38.8 Å². The number of piperazine rings is 1. The first kappa shape index (κ1) is 10.9. The molecule has 14 heavy (non-hydrogen) atoms. The van der Waals surface area contributed by atoms with Gasteiger partial charge in [-0.25, -0.2) is 10.1 Å². The molecule has 1 heterocycles. The highest BCUT2D eigenvalue weighted by atomic mass is 16.5. The largest absolute Gasteiger partial charge is 0.285 e. The van der Waals surface area contributed by atoms with Gasteiger partial charge in [0.05, 0.1) is 0 Å². The van der Waals surface area contributed by atoms with E-state index in [1.807, 2.05) is 0 Å². The van der Waals surface area contributed by atoms with Gasteiger partial charge in [-0.1, -0.05) is 13.8 Å². The molecular formula is C8H14N2O4. The smallest absolute Gasteiger partial charge is 0.272 e. The molecule has 0 aromatic carbocycles. The van der Waals surface area contributed by atoms with Crippen molar-refractivity contribution in [3.8, 4) is 0 Å². The molecular weight excluding hydrogens is 188 g/mol. The number of rotatable bonds is 2. The molecule has 1 rings (SSSR count). The number of carbonyl (C=O) groups is 2. The highest BCUT2D eigenvalue weighted by molar-refractivity contribution is 5.95. The van der Waals surface area contributed by atoms with Gasteiger partial charge in [-0.15, -0.1) is 0 Å². The van der Waals surface area contributed by atoms with Crippen LogP contribution >= 0.6 is 0 Å². The van der Waals surface area contributed by atoms with Gasteiger partial charge in [0.2, 0.25) is 0 Å². The van der Waals surface area contributed by atoms with E-state index in [4.69, 9.17) is 0 Å². The summed E-state index contributed by atoms with van der Waals surface area (Å²) in [5, 5.41) is 19.5. The number of carbonyl (C=O) groups excluding carboxylic acids is 2. The van der Waals surface area contributed by atoms with E-state index in [9.17, 15) is 20.0 Å². The summed E-state index contributed by atoms with van der Waals surface area (Å²) in [6.45, 7) is 3.30. The van der Waals surface area contributed by atoms with Crippen LogP contribution in [0.1, 0.15) is 26.7 Å². The fraction of sp³-hybridized carbons (Fsp3) is 0.750. The summed E-state index contributed by atoms with van der Waals surface area (Å²) in [4.78, 5) is 22.8. The van der Waals surface area contributed by atoms with Gasteiger partial charge in [-0.3, -0.25) is 20.0 Å². The van der Waals surface area contributed by atoms with Crippen LogP contribution in [0.25, 0.3) is 0 Å². The molecule has 0 radical (unpaired) electrons. The van der Waals surface area contributed by atoms with Crippen molar-refractivity contribution in [3.63, 3.8) is 0 Å². The molecule has 2 N–H and O–H groups in total. The topological polar surface area (TPSA) is 81.1 Å². The van der Waals surface area contributed by atoms with Crippen LogP contribution in [0.3, 0.4) is 0 Å². The Morgan fingerprint density at radius 3 is 1.50 bits per heavy atom. The third-order valence-electron chi connectivity index (χ3n) is 2.39. The Kier molecular flexibility index (Phi) is 3.07. The molecule has 0 aliphatic carbocycles. The molecule has 0 aromatic heterocycles. The number of amides is 2. The first-order valence-electron chi connectivity index (χ1n) is 4.58. The van der Waals surface area contributed by atoms with Gasteiger partial charge >= 0.3 is 0 Å². The zero-order chi connectivity index (χ0) is 10.9. The van der Waals surface area contributed by atoms with Crippen molar-refractivity contribution >= 4 is 11.8 Å². The van der Waals surface area contributed by atoms with Crippen LogP contribution in [0.5, 0.6) is 0 Å². The van der Waals surface area contributed by atoms with E-state index in [0.717, 1.165) is 0 Å². The number of hydroxylamine groups is 4. The average Bonchev–Trinajstić information content (AvgIpc) is 2.17. The normalized spacial score (nSPS) is 28.6. The molecule has 1 saturated heterocycles. The molecule has 0 aromatic rings. The minimum absolute atomic E-state index is 0.272. The van der Waals surface area contributed by atoms with Crippen LogP contribution in [0, 0.1) is 0 Å². The van der Waals surface area contributed by atoms with Crippen molar-refractivity contribution in [1.82, 2.24) is 10.1 Å². The van der Waals surface area contributed by atoms with Gasteiger partial charge in [-0.05, 0) is 12.8 Å². The van der Waals surface area contributed by atoms with Crippen LogP contribution in [0.15, 0.2) is 0 Å². The van der Waals surface area contributed by atoms with E-state index in [-0.39, 0.29) is 12.8 Å². The summed E-state index contributed by atoms with van der Waals surface area (Å²) in [6.07, 6.45) is 0.545. The molecule has 0 bridgehead atoms. The monoisotopic (exact) mass is 202 g/mol. The molecule has 0 spiro atoms. The van der Waals surface area contributed by atoms with Gasteiger partial charge in [0, 0.05) is 0 Å². The van der Waals surface area contributed by atoms with Crippen LogP contribution in [0.4, 0.5) is 0 Å². The SMILES string of the molecule is CC[C@@H]1C(=O)N(O)[C@H](CC)C(=O)N1O. The van der Waals surface area contributed by atoms with Gasteiger partial charge in [0.15, 0.2) is 0 Å². The maximum Gasteiger partial charge on any atom is 0.272 e. The minimum Gasteiger partial charge on any atom is -0.285 e. The molecule has 80 valence electrons. The van der Waals surface area contributed by atoms with Crippen molar-refractivity contribution in [2.24, 2.45) is 0 Å². The van der Waals surface area contributed by atoms with Gasteiger partial charge in [-0.2, -0.15) is 0 Å². The van der Waals surface area contributed by atoms with E-state index in [1.165, 1.54) is 0 Å². The van der Waals surface area contributed by atoms with Gasteiger partial charge in [0.25, 0.3) is 11.8 Å². The standard InChI is InChI=1S/C8H14N2O4/c1-3-5-7(11)10(14)6(4-2)8(12)9(5)13/h5-6,13-14H,3-4H2,1-2H3/t5-,6-/m1/s1. The molecule has 6 nitrogen and oxygen atoms in total. The summed E-state index contributed by atoms with van der Waals surface area (Å²) in [5.41, 5.74) is 0. The second-order valence-corrected chi connectivity index (χ2v) is 3.21. The lowest BCUT2D eigenvalue weighted by Crippen LogP contribution is -2.62. The van der Waals surface area contributed by atoms with E-state index in [1.54, 1.807) is 13.8 Å². The maximum absolute atomic E-state index is 11.4. The van der Waals surface area contributed by atoms with Crippen molar-refractivity contribution in [3.05, 3.63) is 0 Å². The predicted octanol–water partition coefficient (Wildman–Crippen LogP) is -0.00720. The first-order valence-corrected chi connectivity index (χ1v) is 4.58. The molecule has 0 unspecified atom stereocenters. The molecule has 1 fully saturated rings. The number of nitrogens with zero attached hydrogens (tertiary/aromatic N) is 2. The predicted molar refractivity (Wildman–Crippen MR) is 45.4 cm³/mol. The summed E-state index contributed by atoms with van der Waals surface area (Å²) in [7, 11) is 0. The Morgan fingerprint density at radius 2 is 1.29 bits per heavy atom. The minimum atomic E-state index is -0.963. The highest BCUT2D eigenvalue weighted by Crippen LogP contribution is 2.18. The third kappa shape index (κ3) is 1.46. The Morgan fingerprint density at radius 1 is 1.00 bits per heavy atom. The van der Waals surface area contributed by atoms with E-state index < -0.39 is 23.9 Å². The van der Waals surface area contributed by atoms with Crippen molar-refractivity contribution < 1.29 is 20.0 Å².